The zero-order valence-corrected chi connectivity index (χ0v) is 16.7. The lowest BCUT2D eigenvalue weighted by molar-refractivity contribution is 0.0632. The summed E-state index contributed by atoms with van der Waals surface area (Å²) in [6, 6.07) is 5.56. The lowest BCUT2D eigenvalue weighted by Crippen LogP contribution is -2.41. The first kappa shape index (κ1) is 16.6. The van der Waals surface area contributed by atoms with Crippen LogP contribution in [0.4, 0.5) is 0 Å². The maximum absolute atomic E-state index is 13.1. The molecule has 0 radical (unpaired) electrons. The van der Waals surface area contributed by atoms with Crippen molar-refractivity contribution in [2.45, 2.75) is 19.5 Å². The summed E-state index contributed by atoms with van der Waals surface area (Å²) in [7, 11) is 0. The van der Waals surface area contributed by atoms with Crippen molar-refractivity contribution in [3.8, 4) is 10.7 Å². The van der Waals surface area contributed by atoms with Crippen LogP contribution in [0.25, 0.3) is 16.3 Å². The summed E-state index contributed by atoms with van der Waals surface area (Å²) in [4.78, 5) is 20.2. The number of aromatic nitrogens is 6. The van der Waals surface area contributed by atoms with Gasteiger partial charge in [-0.25, -0.2) is 9.50 Å². The minimum atomic E-state index is -0.183. The van der Waals surface area contributed by atoms with Crippen molar-refractivity contribution < 1.29 is 4.79 Å². The van der Waals surface area contributed by atoms with Gasteiger partial charge >= 0.3 is 0 Å². The first-order valence-corrected chi connectivity index (χ1v) is 10.1. The fraction of sp³-hybridized carbons (Fsp3) is 0.235. The second-order valence-electron chi connectivity index (χ2n) is 6.29. The summed E-state index contributed by atoms with van der Waals surface area (Å²) in [5.74, 6) is 1.53. The third kappa shape index (κ3) is 2.67. The highest BCUT2D eigenvalue weighted by Crippen LogP contribution is 2.31. The van der Waals surface area contributed by atoms with Gasteiger partial charge in [-0.2, -0.15) is 5.10 Å². The maximum Gasteiger partial charge on any atom is 0.275 e. The predicted molar refractivity (Wildman–Crippen MR) is 103 cm³/mol. The van der Waals surface area contributed by atoms with E-state index in [-0.39, 0.29) is 11.9 Å². The second kappa shape index (κ2) is 6.24. The highest BCUT2D eigenvalue weighted by Gasteiger charge is 2.33. The molecule has 8 nitrogen and oxygen atoms in total. The van der Waals surface area contributed by atoms with Gasteiger partial charge < -0.3 is 9.47 Å². The Bertz CT molecular complexity index is 1150. The summed E-state index contributed by atoms with van der Waals surface area (Å²) in [6.45, 7) is 3.21. The van der Waals surface area contributed by atoms with Crippen molar-refractivity contribution >= 4 is 38.8 Å². The van der Waals surface area contributed by atoms with Crippen LogP contribution in [-0.4, -0.2) is 46.7 Å². The number of carbonyl (C=O) groups excluding carboxylic acids is 1. The van der Waals surface area contributed by atoms with Crippen LogP contribution in [0.3, 0.4) is 0 Å². The molecule has 1 unspecified atom stereocenters. The molecule has 0 saturated carbocycles. The van der Waals surface area contributed by atoms with E-state index in [1.807, 2.05) is 24.4 Å². The Kier molecular flexibility index (Phi) is 3.83. The van der Waals surface area contributed by atoms with Crippen LogP contribution in [0, 0.1) is 0 Å². The van der Waals surface area contributed by atoms with Crippen LogP contribution in [-0.2, 0) is 6.54 Å². The van der Waals surface area contributed by atoms with Crippen molar-refractivity contribution in [3.63, 3.8) is 0 Å². The van der Waals surface area contributed by atoms with Crippen LogP contribution in [0.5, 0.6) is 0 Å². The van der Waals surface area contributed by atoms with Crippen LogP contribution in [0.2, 0.25) is 0 Å². The van der Waals surface area contributed by atoms with Crippen LogP contribution < -0.4 is 0 Å². The van der Waals surface area contributed by atoms with Crippen molar-refractivity contribution in [3.05, 3.63) is 52.0 Å². The zero-order chi connectivity index (χ0) is 18.5. The molecule has 136 valence electrons. The van der Waals surface area contributed by atoms with E-state index >= 15 is 0 Å². The molecule has 0 aromatic carbocycles. The second-order valence-corrected chi connectivity index (χ2v) is 8.15. The van der Waals surface area contributed by atoms with Gasteiger partial charge in [0, 0.05) is 31.5 Å². The van der Waals surface area contributed by atoms with Crippen molar-refractivity contribution in [2.75, 3.05) is 6.54 Å². The van der Waals surface area contributed by atoms with Gasteiger partial charge in [0.25, 0.3) is 5.91 Å². The molecule has 0 aliphatic carbocycles. The Hall–Kier alpha value is -2.59. The number of thiophene rings is 1. The molecule has 1 aliphatic heterocycles. The smallest absolute Gasteiger partial charge is 0.275 e. The van der Waals surface area contributed by atoms with E-state index in [0.717, 1.165) is 21.0 Å². The number of hydrogen-bond acceptors (Lipinski definition) is 6. The number of fused-ring (bicyclic) bond motifs is 2. The maximum atomic E-state index is 13.1. The van der Waals surface area contributed by atoms with Gasteiger partial charge in [-0.05, 0) is 34.3 Å². The first-order chi connectivity index (χ1) is 13.1. The Labute approximate surface area is 166 Å². The minimum absolute atomic E-state index is 0.129. The summed E-state index contributed by atoms with van der Waals surface area (Å²) >= 11 is 5.00. The molecule has 10 heteroatoms. The van der Waals surface area contributed by atoms with E-state index in [4.69, 9.17) is 0 Å². The Morgan fingerprint density at radius 1 is 1.33 bits per heavy atom. The number of amides is 1. The molecule has 4 aromatic heterocycles. The third-order valence-electron chi connectivity index (χ3n) is 4.69. The molecule has 1 amide bonds. The van der Waals surface area contributed by atoms with Crippen LogP contribution in [0.15, 0.2) is 40.4 Å². The summed E-state index contributed by atoms with van der Waals surface area (Å²) < 4.78 is 4.50. The predicted octanol–water partition coefficient (Wildman–Crippen LogP) is 3.03. The quantitative estimate of drug-likeness (QED) is 0.475. The molecular formula is C17H14BrN7OS. The zero-order valence-electron chi connectivity index (χ0n) is 14.3. The van der Waals surface area contributed by atoms with E-state index < -0.39 is 0 Å². The standard InChI is InChI=1S/C17H14BrN7OS/c1-10-15-20-21-16(13-3-2-6-27-13)24(15)5-4-23(10)17(26)12-7-14-19-8-11(18)9-25(14)22-12/h2-3,6-10H,4-5H2,1H3. The lowest BCUT2D eigenvalue weighted by Gasteiger charge is -2.33. The Morgan fingerprint density at radius 3 is 3.04 bits per heavy atom. The Morgan fingerprint density at radius 2 is 2.22 bits per heavy atom. The molecule has 27 heavy (non-hydrogen) atoms. The van der Waals surface area contributed by atoms with Gasteiger partial charge in [0.2, 0.25) is 0 Å². The van der Waals surface area contributed by atoms with E-state index in [0.29, 0.717) is 24.4 Å². The monoisotopic (exact) mass is 443 g/mol. The SMILES string of the molecule is CC1c2nnc(-c3cccs3)n2CCN1C(=O)c1cc2ncc(Br)cn2n1. The van der Waals surface area contributed by atoms with Gasteiger partial charge in [0.05, 0.1) is 15.4 Å². The summed E-state index contributed by atoms with van der Waals surface area (Å²) in [5, 5.41) is 15.1. The number of halogens is 1. The molecule has 5 heterocycles. The third-order valence-corrected chi connectivity index (χ3v) is 5.96. The van der Waals surface area contributed by atoms with Gasteiger partial charge in [-0.15, -0.1) is 21.5 Å². The molecule has 1 atom stereocenters. The fourth-order valence-electron chi connectivity index (χ4n) is 3.36. The number of hydrogen-bond donors (Lipinski definition) is 0. The summed E-state index contributed by atoms with van der Waals surface area (Å²) in [5.41, 5.74) is 1.01. The fourth-order valence-corrected chi connectivity index (χ4v) is 4.37. The molecular weight excluding hydrogens is 430 g/mol. The van der Waals surface area contributed by atoms with Crippen molar-refractivity contribution in [1.82, 2.24) is 34.3 Å². The van der Waals surface area contributed by atoms with E-state index in [1.54, 1.807) is 39.2 Å². The first-order valence-electron chi connectivity index (χ1n) is 8.40. The molecule has 4 aromatic rings. The highest BCUT2D eigenvalue weighted by molar-refractivity contribution is 9.10. The molecule has 0 fully saturated rings. The molecule has 0 bridgehead atoms. The van der Waals surface area contributed by atoms with Crippen molar-refractivity contribution in [2.24, 2.45) is 0 Å². The van der Waals surface area contributed by atoms with Crippen LogP contribution >= 0.6 is 27.3 Å². The van der Waals surface area contributed by atoms with Gasteiger partial charge in [-0.3, -0.25) is 4.79 Å². The topological polar surface area (TPSA) is 81.2 Å². The average molecular weight is 444 g/mol. The molecule has 0 spiro atoms. The van der Waals surface area contributed by atoms with Gasteiger partial charge in [0.15, 0.2) is 23.0 Å². The van der Waals surface area contributed by atoms with Gasteiger partial charge in [-0.1, -0.05) is 6.07 Å². The minimum Gasteiger partial charge on any atom is -0.325 e. The molecule has 5 rings (SSSR count). The lowest BCUT2D eigenvalue weighted by atomic mass is 10.2. The van der Waals surface area contributed by atoms with E-state index in [2.05, 4.69) is 40.8 Å². The summed E-state index contributed by atoms with van der Waals surface area (Å²) in [6.07, 6.45) is 3.46. The molecule has 1 aliphatic rings. The number of nitrogens with zero attached hydrogens (tertiary/aromatic N) is 7. The van der Waals surface area contributed by atoms with Crippen molar-refractivity contribution in [1.29, 1.82) is 0 Å². The molecule has 0 N–H and O–H groups in total. The average Bonchev–Trinajstić information content (AvgIpc) is 3.39. The largest absolute Gasteiger partial charge is 0.325 e. The number of rotatable bonds is 2. The molecule has 0 saturated heterocycles. The van der Waals surface area contributed by atoms with E-state index in [9.17, 15) is 4.79 Å². The van der Waals surface area contributed by atoms with Gasteiger partial charge in [0.1, 0.15) is 0 Å². The number of carbonyl (C=O) groups is 1. The Balaban J connectivity index is 1.47. The van der Waals surface area contributed by atoms with E-state index in [1.165, 1.54) is 0 Å². The van der Waals surface area contributed by atoms with Crippen LogP contribution in [0.1, 0.15) is 29.3 Å². The highest BCUT2D eigenvalue weighted by atomic mass is 79.9. The normalized spacial score (nSPS) is 16.7.